The fourth-order valence-electron chi connectivity index (χ4n) is 2.44. The number of rotatable bonds is 3. The molecule has 2 bridgehead atoms. The Hall–Kier alpha value is 0.140. The van der Waals surface area contributed by atoms with Crippen molar-refractivity contribution in [3.63, 3.8) is 0 Å². The van der Waals surface area contributed by atoms with Crippen molar-refractivity contribution in [3.8, 4) is 0 Å². The fourth-order valence-corrected chi connectivity index (χ4v) is 2.60. The molecule has 0 radical (unpaired) electrons. The summed E-state index contributed by atoms with van der Waals surface area (Å²) in [6, 6.07) is 0.705. The first-order valence-electron chi connectivity index (χ1n) is 5.05. The molecule has 3 fully saturated rings. The lowest BCUT2D eigenvalue weighted by Crippen LogP contribution is -2.56. The minimum atomic E-state index is 0.705. The van der Waals surface area contributed by atoms with Crippen LogP contribution in [0.5, 0.6) is 0 Å². The summed E-state index contributed by atoms with van der Waals surface area (Å²) in [6.07, 6.45) is 2.76. The number of hydrogen-bond donors (Lipinski definition) is 1. The highest BCUT2D eigenvalue weighted by Gasteiger charge is 2.33. The Bertz CT molecular complexity index is 197. The van der Waals surface area contributed by atoms with Gasteiger partial charge in [0.1, 0.15) is 0 Å². The lowest BCUT2D eigenvalue weighted by molar-refractivity contribution is 0.0744. The van der Waals surface area contributed by atoms with Crippen molar-refractivity contribution in [2.75, 3.05) is 26.2 Å². The van der Waals surface area contributed by atoms with E-state index in [2.05, 4.69) is 32.7 Å². The van der Waals surface area contributed by atoms with Gasteiger partial charge >= 0.3 is 0 Å². The molecule has 3 heterocycles. The molecule has 1 atom stereocenters. The van der Waals surface area contributed by atoms with Gasteiger partial charge in [-0.25, -0.2) is 0 Å². The van der Waals surface area contributed by atoms with Gasteiger partial charge in [0.2, 0.25) is 0 Å². The summed E-state index contributed by atoms with van der Waals surface area (Å²) in [5, 5.41) is 3.56. The Kier molecular flexibility index (Phi) is 3.06. The van der Waals surface area contributed by atoms with Crippen LogP contribution in [-0.2, 0) is 0 Å². The van der Waals surface area contributed by atoms with Crippen LogP contribution in [0.3, 0.4) is 0 Å². The molecule has 74 valence electrons. The normalized spacial score (nSPS) is 37.8. The number of nitrogens with one attached hydrogen (secondary N) is 1. The average molecular weight is 245 g/mol. The van der Waals surface area contributed by atoms with Crippen LogP contribution in [0.15, 0.2) is 11.1 Å². The van der Waals surface area contributed by atoms with Gasteiger partial charge in [-0.3, -0.25) is 0 Å². The molecule has 2 nitrogen and oxygen atoms in total. The van der Waals surface area contributed by atoms with Crippen LogP contribution in [0.25, 0.3) is 0 Å². The largest absolute Gasteiger partial charge is 0.308 e. The standard InChI is InChI=1S/C10H17BrN2/c1-8(11)6-12-10-7-13-4-2-9(10)3-5-13/h9-10,12H,1-7H2. The van der Waals surface area contributed by atoms with Gasteiger partial charge < -0.3 is 10.2 Å². The minimum absolute atomic E-state index is 0.705. The summed E-state index contributed by atoms with van der Waals surface area (Å²) in [4.78, 5) is 2.56. The molecule has 0 aromatic rings. The summed E-state index contributed by atoms with van der Waals surface area (Å²) < 4.78 is 1.06. The maximum Gasteiger partial charge on any atom is 0.0268 e. The van der Waals surface area contributed by atoms with Crippen LogP contribution in [-0.4, -0.2) is 37.1 Å². The van der Waals surface area contributed by atoms with Crippen LogP contribution >= 0.6 is 15.9 Å². The lowest BCUT2D eigenvalue weighted by Gasteiger charge is -2.45. The molecule has 1 unspecified atom stereocenters. The molecule has 0 aromatic carbocycles. The maximum atomic E-state index is 3.84. The molecule has 0 aliphatic carbocycles. The van der Waals surface area contributed by atoms with Crippen LogP contribution in [0.4, 0.5) is 0 Å². The first kappa shape index (κ1) is 9.69. The Balaban J connectivity index is 1.83. The van der Waals surface area contributed by atoms with E-state index in [0.717, 1.165) is 16.9 Å². The second-order valence-electron chi connectivity index (χ2n) is 4.14. The molecule has 0 aromatic heterocycles. The Labute approximate surface area is 88.5 Å². The number of fused-ring (bicyclic) bond motifs is 3. The van der Waals surface area contributed by atoms with Crippen molar-refractivity contribution in [2.24, 2.45) is 5.92 Å². The molecule has 3 heteroatoms. The average Bonchev–Trinajstić information content (AvgIpc) is 2.17. The number of nitrogens with zero attached hydrogens (tertiary/aromatic N) is 1. The number of piperidine rings is 3. The predicted molar refractivity (Wildman–Crippen MR) is 59.0 cm³/mol. The highest BCUT2D eigenvalue weighted by molar-refractivity contribution is 9.11. The van der Waals surface area contributed by atoms with Crippen molar-refractivity contribution in [3.05, 3.63) is 11.1 Å². The van der Waals surface area contributed by atoms with E-state index < -0.39 is 0 Å². The molecule has 0 saturated carbocycles. The zero-order chi connectivity index (χ0) is 9.26. The van der Waals surface area contributed by atoms with Gasteiger partial charge in [0.25, 0.3) is 0 Å². The second-order valence-corrected chi connectivity index (χ2v) is 5.26. The molecule has 13 heavy (non-hydrogen) atoms. The first-order chi connectivity index (χ1) is 6.25. The van der Waals surface area contributed by atoms with Gasteiger partial charge in [-0.15, -0.1) is 0 Å². The Morgan fingerprint density at radius 3 is 2.62 bits per heavy atom. The molecule has 3 saturated heterocycles. The quantitative estimate of drug-likeness (QED) is 0.812. The molecule has 3 rings (SSSR count). The van der Waals surface area contributed by atoms with Crippen molar-refractivity contribution >= 4 is 15.9 Å². The van der Waals surface area contributed by atoms with Gasteiger partial charge in [-0.05, 0) is 31.8 Å². The third-order valence-corrected chi connectivity index (χ3v) is 3.49. The zero-order valence-electron chi connectivity index (χ0n) is 7.93. The molecule has 0 amide bonds. The highest BCUT2D eigenvalue weighted by Crippen LogP contribution is 2.27. The Morgan fingerprint density at radius 2 is 2.15 bits per heavy atom. The number of hydrogen-bond acceptors (Lipinski definition) is 2. The van der Waals surface area contributed by atoms with E-state index >= 15 is 0 Å². The number of halogens is 1. The zero-order valence-corrected chi connectivity index (χ0v) is 9.52. The fraction of sp³-hybridized carbons (Fsp3) is 0.800. The molecular weight excluding hydrogens is 228 g/mol. The third kappa shape index (κ3) is 2.33. The van der Waals surface area contributed by atoms with Crippen molar-refractivity contribution in [1.82, 2.24) is 10.2 Å². The monoisotopic (exact) mass is 244 g/mol. The Morgan fingerprint density at radius 1 is 1.46 bits per heavy atom. The van der Waals surface area contributed by atoms with Gasteiger partial charge in [0.15, 0.2) is 0 Å². The van der Waals surface area contributed by atoms with Gasteiger partial charge in [-0.1, -0.05) is 22.5 Å². The summed E-state index contributed by atoms with van der Waals surface area (Å²) in [6.45, 7) is 8.63. The van der Waals surface area contributed by atoms with E-state index in [-0.39, 0.29) is 0 Å². The van der Waals surface area contributed by atoms with Crippen LogP contribution in [0.2, 0.25) is 0 Å². The maximum absolute atomic E-state index is 3.84. The second kappa shape index (κ2) is 4.11. The topological polar surface area (TPSA) is 15.3 Å². The minimum Gasteiger partial charge on any atom is -0.308 e. The SMILES string of the molecule is C=C(Br)CNC1CN2CCC1CC2. The lowest BCUT2D eigenvalue weighted by atomic mass is 9.84. The smallest absolute Gasteiger partial charge is 0.0268 e. The van der Waals surface area contributed by atoms with Gasteiger partial charge in [0.05, 0.1) is 0 Å². The van der Waals surface area contributed by atoms with E-state index in [4.69, 9.17) is 0 Å². The van der Waals surface area contributed by atoms with E-state index in [1.54, 1.807) is 0 Å². The van der Waals surface area contributed by atoms with E-state index in [9.17, 15) is 0 Å². The van der Waals surface area contributed by atoms with Crippen LogP contribution in [0, 0.1) is 5.92 Å². The van der Waals surface area contributed by atoms with Gasteiger partial charge in [-0.2, -0.15) is 0 Å². The van der Waals surface area contributed by atoms with E-state index in [1.165, 1.54) is 32.5 Å². The van der Waals surface area contributed by atoms with Crippen LogP contribution in [0.1, 0.15) is 12.8 Å². The summed E-state index contributed by atoms with van der Waals surface area (Å²) in [5.41, 5.74) is 0. The molecule has 0 spiro atoms. The third-order valence-electron chi connectivity index (χ3n) is 3.21. The highest BCUT2D eigenvalue weighted by atomic mass is 79.9. The predicted octanol–water partition coefficient (Wildman–Crippen LogP) is 1.58. The van der Waals surface area contributed by atoms with Crippen molar-refractivity contribution in [1.29, 1.82) is 0 Å². The van der Waals surface area contributed by atoms with E-state index in [1.807, 2.05) is 0 Å². The summed E-state index contributed by atoms with van der Waals surface area (Å²) in [5.74, 6) is 0.914. The summed E-state index contributed by atoms with van der Waals surface area (Å²) in [7, 11) is 0. The molecule has 1 N–H and O–H groups in total. The summed E-state index contributed by atoms with van der Waals surface area (Å²) >= 11 is 3.38. The van der Waals surface area contributed by atoms with Crippen molar-refractivity contribution in [2.45, 2.75) is 18.9 Å². The van der Waals surface area contributed by atoms with Crippen LogP contribution < -0.4 is 5.32 Å². The van der Waals surface area contributed by atoms with Crippen molar-refractivity contribution < 1.29 is 0 Å². The molecule has 3 aliphatic heterocycles. The molecular formula is C10H17BrN2. The van der Waals surface area contributed by atoms with E-state index in [0.29, 0.717) is 6.04 Å². The molecule has 3 aliphatic rings. The first-order valence-corrected chi connectivity index (χ1v) is 5.84. The van der Waals surface area contributed by atoms with Gasteiger partial charge in [0, 0.05) is 23.6 Å².